The molecule has 1 fully saturated rings. The number of hydrogen-bond donors (Lipinski definition) is 2. The van der Waals surface area contributed by atoms with E-state index in [9.17, 15) is 14.4 Å². The summed E-state index contributed by atoms with van der Waals surface area (Å²) in [5.74, 6) is 0.125. The van der Waals surface area contributed by atoms with Gasteiger partial charge in [0.1, 0.15) is 12.1 Å². The van der Waals surface area contributed by atoms with Gasteiger partial charge < -0.3 is 16.0 Å². The van der Waals surface area contributed by atoms with Crippen molar-refractivity contribution in [3.8, 4) is 0 Å². The molecule has 3 amide bonds. The summed E-state index contributed by atoms with van der Waals surface area (Å²) in [7, 11) is 0. The van der Waals surface area contributed by atoms with Gasteiger partial charge in [-0.2, -0.15) is 0 Å². The monoisotopic (exact) mass is 301 g/mol. The minimum atomic E-state index is -0.729. The van der Waals surface area contributed by atoms with Gasteiger partial charge in [0.05, 0.1) is 5.88 Å². The zero-order valence-corrected chi connectivity index (χ0v) is 13.3. The van der Waals surface area contributed by atoms with Crippen LogP contribution in [0.5, 0.6) is 0 Å². The normalized spacial score (nSPS) is 20.6. The van der Waals surface area contributed by atoms with Gasteiger partial charge >= 0.3 is 0 Å². The molecule has 0 aromatic carbocycles. The highest BCUT2D eigenvalue weighted by atomic mass is 32.2. The molecule has 1 saturated heterocycles. The summed E-state index contributed by atoms with van der Waals surface area (Å²) in [6, 6.07) is -1.25. The van der Waals surface area contributed by atoms with E-state index >= 15 is 0 Å². The highest BCUT2D eigenvalue weighted by Crippen LogP contribution is 2.26. The molecule has 1 heterocycles. The molecule has 6 nitrogen and oxygen atoms in total. The molecule has 0 aliphatic carbocycles. The number of primary amides is 1. The lowest BCUT2D eigenvalue weighted by Gasteiger charge is -2.27. The Kier molecular flexibility index (Phi) is 5.44. The van der Waals surface area contributed by atoms with E-state index in [1.807, 2.05) is 20.8 Å². The van der Waals surface area contributed by atoms with Crippen molar-refractivity contribution in [2.45, 2.75) is 46.2 Å². The maximum Gasteiger partial charge on any atom is 0.244 e. The SMILES string of the molecule is CC(NC(=O)[C@@H]1CSCN1C(=O)CC(C)(C)C)C(N)=O. The molecular weight excluding hydrogens is 278 g/mol. The van der Waals surface area contributed by atoms with Gasteiger partial charge in [0.15, 0.2) is 0 Å². The molecule has 0 saturated carbocycles. The van der Waals surface area contributed by atoms with E-state index in [2.05, 4.69) is 5.32 Å². The van der Waals surface area contributed by atoms with Gasteiger partial charge in [-0.15, -0.1) is 11.8 Å². The van der Waals surface area contributed by atoms with E-state index in [1.54, 1.807) is 4.90 Å². The molecule has 0 aromatic heterocycles. The fourth-order valence-corrected chi connectivity index (χ4v) is 3.02. The molecule has 0 bridgehead atoms. The molecule has 3 N–H and O–H groups in total. The maximum absolute atomic E-state index is 12.2. The summed E-state index contributed by atoms with van der Waals surface area (Å²) in [4.78, 5) is 36.9. The van der Waals surface area contributed by atoms with E-state index in [1.165, 1.54) is 18.7 Å². The molecule has 0 radical (unpaired) electrons. The van der Waals surface area contributed by atoms with Crippen LogP contribution in [-0.2, 0) is 14.4 Å². The number of rotatable bonds is 4. The van der Waals surface area contributed by atoms with Crippen LogP contribution < -0.4 is 11.1 Å². The van der Waals surface area contributed by atoms with E-state index in [0.717, 1.165) is 0 Å². The van der Waals surface area contributed by atoms with E-state index < -0.39 is 18.0 Å². The van der Waals surface area contributed by atoms with Crippen LogP contribution in [0.2, 0.25) is 0 Å². The maximum atomic E-state index is 12.2. The standard InChI is InChI=1S/C13H23N3O3S/c1-8(11(14)18)15-12(19)9-6-20-7-16(9)10(17)5-13(2,3)4/h8-9H,5-7H2,1-4H3,(H2,14,18)(H,15,19)/t8?,9-/m0/s1. The van der Waals surface area contributed by atoms with Crippen LogP contribution in [0.3, 0.4) is 0 Å². The minimum absolute atomic E-state index is 0.0330. The van der Waals surface area contributed by atoms with Crippen LogP contribution >= 0.6 is 11.8 Å². The molecule has 1 aliphatic heterocycles. The number of carbonyl (C=O) groups excluding carboxylic acids is 3. The molecule has 7 heteroatoms. The van der Waals surface area contributed by atoms with Crippen LogP contribution in [0.1, 0.15) is 34.1 Å². The zero-order valence-electron chi connectivity index (χ0n) is 12.4. The van der Waals surface area contributed by atoms with Crippen molar-refractivity contribution in [3.05, 3.63) is 0 Å². The number of nitrogens with one attached hydrogen (secondary N) is 1. The van der Waals surface area contributed by atoms with E-state index in [4.69, 9.17) is 5.73 Å². The summed E-state index contributed by atoms with van der Waals surface area (Å²) in [6.07, 6.45) is 0.392. The average Bonchev–Trinajstić information content (AvgIpc) is 2.74. The second kappa shape index (κ2) is 6.47. The average molecular weight is 301 g/mol. The van der Waals surface area contributed by atoms with Gasteiger partial charge in [-0.25, -0.2) is 0 Å². The van der Waals surface area contributed by atoms with Crippen LogP contribution in [0.15, 0.2) is 0 Å². The van der Waals surface area contributed by atoms with Gasteiger partial charge in [-0.3, -0.25) is 14.4 Å². The van der Waals surface area contributed by atoms with Crippen molar-refractivity contribution in [1.82, 2.24) is 10.2 Å². The Bertz CT molecular complexity index is 406. The molecule has 1 unspecified atom stereocenters. The van der Waals surface area contributed by atoms with Crippen molar-refractivity contribution in [2.24, 2.45) is 11.1 Å². The molecular formula is C13H23N3O3S. The van der Waals surface area contributed by atoms with Crippen LogP contribution in [-0.4, -0.2) is 46.3 Å². The summed E-state index contributed by atoms with van der Waals surface area (Å²) >= 11 is 1.54. The first-order valence-corrected chi connectivity index (χ1v) is 7.74. The third-order valence-electron chi connectivity index (χ3n) is 2.97. The lowest BCUT2D eigenvalue weighted by atomic mass is 9.91. The first-order chi connectivity index (χ1) is 9.11. The number of nitrogens with zero attached hydrogens (tertiary/aromatic N) is 1. The Hall–Kier alpha value is -1.24. The van der Waals surface area contributed by atoms with Crippen LogP contribution in [0.4, 0.5) is 0 Å². The summed E-state index contributed by atoms with van der Waals surface area (Å²) in [6.45, 7) is 7.48. The smallest absolute Gasteiger partial charge is 0.244 e. The van der Waals surface area contributed by atoms with E-state index in [-0.39, 0.29) is 17.2 Å². The fraction of sp³-hybridized carbons (Fsp3) is 0.769. The predicted molar refractivity (Wildman–Crippen MR) is 78.8 cm³/mol. The van der Waals surface area contributed by atoms with Crippen LogP contribution in [0.25, 0.3) is 0 Å². The van der Waals surface area contributed by atoms with Gasteiger partial charge in [-0.1, -0.05) is 20.8 Å². The predicted octanol–water partition coefficient (Wildman–Crippen LogP) is 0.314. The van der Waals surface area contributed by atoms with Crippen LogP contribution in [0, 0.1) is 5.41 Å². The highest BCUT2D eigenvalue weighted by Gasteiger charge is 2.36. The lowest BCUT2D eigenvalue weighted by molar-refractivity contribution is -0.140. The summed E-state index contributed by atoms with van der Waals surface area (Å²) in [5, 5.41) is 2.55. The Labute approximate surface area is 123 Å². The van der Waals surface area contributed by atoms with Gasteiger partial charge in [0, 0.05) is 12.2 Å². The Morgan fingerprint density at radius 2 is 2.00 bits per heavy atom. The molecule has 20 heavy (non-hydrogen) atoms. The number of amides is 3. The number of nitrogens with two attached hydrogens (primary N) is 1. The lowest BCUT2D eigenvalue weighted by Crippen LogP contribution is -2.52. The highest BCUT2D eigenvalue weighted by molar-refractivity contribution is 7.99. The van der Waals surface area contributed by atoms with Gasteiger partial charge in [0.2, 0.25) is 17.7 Å². The third kappa shape index (κ3) is 4.70. The molecule has 0 aromatic rings. The topological polar surface area (TPSA) is 92.5 Å². The molecule has 1 rings (SSSR count). The molecule has 114 valence electrons. The fourth-order valence-electron chi connectivity index (χ4n) is 1.84. The first-order valence-electron chi connectivity index (χ1n) is 6.59. The van der Waals surface area contributed by atoms with Crippen molar-refractivity contribution in [3.63, 3.8) is 0 Å². The second-order valence-electron chi connectivity index (χ2n) is 6.25. The minimum Gasteiger partial charge on any atom is -0.368 e. The van der Waals surface area contributed by atoms with Crippen molar-refractivity contribution in [2.75, 3.05) is 11.6 Å². The number of carbonyl (C=O) groups is 3. The molecule has 1 aliphatic rings. The van der Waals surface area contributed by atoms with Crippen molar-refractivity contribution >= 4 is 29.5 Å². The van der Waals surface area contributed by atoms with Crippen molar-refractivity contribution in [1.29, 1.82) is 0 Å². The Balaban J connectivity index is 2.67. The quantitative estimate of drug-likeness (QED) is 0.782. The van der Waals surface area contributed by atoms with Crippen molar-refractivity contribution < 1.29 is 14.4 Å². The summed E-state index contributed by atoms with van der Waals surface area (Å²) in [5.41, 5.74) is 5.00. The molecule has 0 spiro atoms. The van der Waals surface area contributed by atoms with Gasteiger partial charge in [0.25, 0.3) is 0 Å². The first kappa shape index (κ1) is 16.8. The van der Waals surface area contributed by atoms with E-state index in [0.29, 0.717) is 18.1 Å². The number of hydrogen-bond acceptors (Lipinski definition) is 4. The van der Waals surface area contributed by atoms with Gasteiger partial charge in [-0.05, 0) is 12.3 Å². The Morgan fingerprint density at radius 3 is 2.50 bits per heavy atom. The summed E-state index contributed by atoms with van der Waals surface area (Å²) < 4.78 is 0. The second-order valence-corrected chi connectivity index (χ2v) is 7.25. The number of thioether (sulfide) groups is 1. The Morgan fingerprint density at radius 1 is 1.40 bits per heavy atom. The molecule has 2 atom stereocenters. The largest absolute Gasteiger partial charge is 0.368 e. The zero-order chi connectivity index (χ0) is 15.5. The third-order valence-corrected chi connectivity index (χ3v) is 3.98.